The molecule has 4 heteroatoms. The molecule has 0 radical (unpaired) electrons. The van der Waals surface area contributed by atoms with Crippen molar-refractivity contribution >= 4 is 5.65 Å². The highest BCUT2D eigenvalue weighted by atomic mass is 16.1. The lowest BCUT2D eigenvalue weighted by Gasteiger charge is -2.29. The maximum Gasteiger partial charge on any atom is 0.258 e. The fourth-order valence-electron chi connectivity index (χ4n) is 3.44. The molecule has 2 aliphatic rings. The molecule has 0 bridgehead atoms. The van der Waals surface area contributed by atoms with E-state index in [-0.39, 0.29) is 5.56 Å². The fraction of sp³-hybridized carbons (Fsp3) is 0.556. The highest BCUT2D eigenvalue weighted by Gasteiger charge is 2.39. The second-order valence-corrected chi connectivity index (χ2v) is 6.95. The molecule has 116 valence electrons. The SMILES string of the molecule is Cc1cccn2c(=O)cc(CN(C3CC3)C(C)C3CC3)nc12. The summed E-state index contributed by atoms with van der Waals surface area (Å²) in [6.07, 6.45) is 7.10. The lowest BCUT2D eigenvalue weighted by atomic mass is 10.1. The minimum atomic E-state index is 0.0264. The summed E-state index contributed by atoms with van der Waals surface area (Å²) in [4.78, 5) is 19.7. The third-order valence-corrected chi connectivity index (χ3v) is 5.13. The van der Waals surface area contributed by atoms with E-state index < -0.39 is 0 Å². The molecule has 0 aliphatic heterocycles. The molecule has 1 unspecified atom stereocenters. The second-order valence-electron chi connectivity index (χ2n) is 6.95. The first kappa shape index (κ1) is 13.9. The van der Waals surface area contributed by atoms with Gasteiger partial charge in [-0.2, -0.15) is 0 Å². The van der Waals surface area contributed by atoms with E-state index in [4.69, 9.17) is 4.98 Å². The number of hydrogen-bond donors (Lipinski definition) is 0. The number of aryl methyl sites for hydroxylation is 1. The van der Waals surface area contributed by atoms with Gasteiger partial charge >= 0.3 is 0 Å². The highest BCUT2D eigenvalue weighted by Crippen LogP contribution is 2.40. The molecule has 2 fully saturated rings. The van der Waals surface area contributed by atoms with Crippen LogP contribution in [0.1, 0.15) is 43.9 Å². The van der Waals surface area contributed by atoms with Crippen LogP contribution in [0.5, 0.6) is 0 Å². The van der Waals surface area contributed by atoms with Crippen molar-refractivity contribution in [3.05, 3.63) is 46.0 Å². The van der Waals surface area contributed by atoms with Crippen molar-refractivity contribution in [1.82, 2.24) is 14.3 Å². The van der Waals surface area contributed by atoms with Crippen LogP contribution in [0.2, 0.25) is 0 Å². The maximum atomic E-state index is 12.3. The van der Waals surface area contributed by atoms with E-state index in [9.17, 15) is 4.79 Å². The van der Waals surface area contributed by atoms with Crippen LogP contribution in [0.15, 0.2) is 29.2 Å². The van der Waals surface area contributed by atoms with Gasteiger partial charge in [0.1, 0.15) is 5.65 Å². The Morgan fingerprint density at radius 2 is 2.14 bits per heavy atom. The smallest absolute Gasteiger partial charge is 0.258 e. The van der Waals surface area contributed by atoms with E-state index in [1.807, 2.05) is 19.1 Å². The van der Waals surface area contributed by atoms with Gasteiger partial charge in [-0.15, -0.1) is 0 Å². The van der Waals surface area contributed by atoms with Gasteiger partial charge in [0.05, 0.1) is 5.69 Å². The normalized spacial score (nSPS) is 19.8. The summed E-state index contributed by atoms with van der Waals surface area (Å²) in [6, 6.07) is 6.94. The van der Waals surface area contributed by atoms with E-state index in [2.05, 4.69) is 11.8 Å². The molecule has 0 amide bonds. The Morgan fingerprint density at radius 3 is 2.82 bits per heavy atom. The standard InChI is InChI=1S/C18H23N3O/c1-12-4-3-9-20-17(22)10-15(19-18(12)20)11-21(16-7-8-16)13(2)14-5-6-14/h3-4,9-10,13-14,16H,5-8,11H2,1-2H3. The number of rotatable bonds is 5. The minimum Gasteiger partial charge on any atom is -0.292 e. The van der Waals surface area contributed by atoms with E-state index in [0.29, 0.717) is 12.1 Å². The predicted octanol–water partition coefficient (Wildman–Crippen LogP) is 2.77. The van der Waals surface area contributed by atoms with E-state index in [1.54, 1.807) is 16.7 Å². The molecular weight excluding hydrogens is 274 g/mol. The molecule has 4 rings (SSSR count). The van der Waals surface area contributed by atoms with Gasteiger partial charge in [0.25, 0.3) is 5.56 Å². The lowest BCUT2D eigenvalue weighted by Crippen LogP contribution is -2.36. The number of fused-ring (bicyclic) bond motifs is 1. The summed E-state index contributed by atoms with van der Waals surface area (Å²) in [6.45, 7) is 5.16. The van der Waals surface area contributed by atoms with Crippen LogP contribution in [0.4, 0.5) is 0 Å². The molecule has 2 saturated carbocycles. The Hall–Kier alpha value is -1.68. The fourth-order valence-corrected chi connectivity index (χ4v) is 3.44. The van der Waals surface area contributed by atoms with Crippen molar-refractivity contribution in [2.24, 2.45) is 5.92 Å². The molecule has 0 N–H and O–H groups in total. The molecule has 0 aromatic carbocycles. The minimum absolute atomic E-state index is 0.0264. The van der Waals surface area contributed by atoms with Gasteiger partial charge in [0, 0.05) is 30.9 Å². The first-order valence-corrected chi connectivity index (χ1v) is 8.37. The Labute approximate surface area is 130 Å². The van der Waals surface area contributed by atoms with Crippen molar-refractivity contribution in [2.45, 2.75) is 58.2 Å². The van der Waals surface area contributed by atoms with Crippen LogP contribution in [-0.4, -0.2) is 26.4 Å². The van der Waals surface area contributed by atoms with Crippen molar-refractivity contribution in [2.75, 3.05) is 0 Å². The van der Waals surface area contributed by atoms with Crippen LogP contribution in [0.3, 0.4) is 0 Å². The number of hydrogen-bond acceptors (Lipinski definition) is 3. The summed E-state index contributed by atoms with van der Waals surface area (Å²) in [5.74, 6) is 0.851. The Balaban J connectivity index is 1.68. The van der Waals surface area contributed by atoms with Gasteiger partial charge in [-0.05, 0) is 57.1 Å². The van der Waals surface area contributed by atoms with E-state index in [1.165, 1.54) is 25.7 Å². The molecule has 2 aliphatic carbocycles. The van der Waals surface area contributed by atoms with E-state index in [0.717, 1.165) is 29.4 Å². The average molecular weight is 297 g/mol. The molecular formula is C18H23N3O. The van der Waals surface area contributed by atoms with Gasteiger partial charge in [0.15, 0.2) is 0 Å². The maximum absolute atomic E-state index is 12.3. The van der Waals surface area contributed by atoms with E-state index >= 15 is 0 Å². The van der Waals surface area contributed by atoms with Crippen LogP contribution >= 0.6 is 0 Å². The monoisotopic (exact) mass is 297 g/mol. The molecule has 2 aromatic rings. The summed E-state index contributed by atoms with van der Waals surface area (Å²) in [5.41, 5.74) is 2.78. The highest BCUT2D eigenvalue weighted by molar-refractivity contribution is 5.46. The lowest BCUT2D eigenvalue weighted by molar-refractivity contribution is 0.168. The second kappa shape index (κ2) is 5.20. The number of nitrogens with zero attached hydrogens (tertiary/aromatic N) is 3. The zero-order chi connectivity index (χ0) is 15.3. The summed E-state index contributed by atoms with van der Waals surface area (Å²) in [5, 5.41) is 0. The summed E-state index contributed by atoms with van der Waals surface area (Å²) < 4.78 is 1.64. The van der Waals surface area contributed by atoms with Crippen molar-refractivity contribution in [3.8, 4) is 0 Å². The molecule has 0 saturated heterocycles. The molecule has 0 spiro atoms. The Morgan fingerprint density at radius 1 is 1.36 bits per heavy atom. The summed E-state index contributed by atoms with van der Waals surface area (Å²) in [7, 11) is 0. The van der Waals surface area contributed by atoms with Crippen LogP contribution in [-0.2, 0) is 6.54 Å². The third-order valence-electron chi connectivity index (χ3n) is 5.13. The first-order chi connectivity index (χ1) is 10.6. The third kappa shape index (κ3) is 2.56. The molecule has 4 nitrogen and oxygen atoms in total. The predicted molar refractivity (Wildman–Crippen MR) is 87.0 cm³/mol. The quantitative estimate of drug-likeness (QED) is 0.851. The largest absolute Gasteiger partial charge is 0.292 e. The molecule has 2 heterocycles. The topological polar surface area (TPSA) is 37.6 Å². The van der Waals surface area contributed by atoms with Crippen molar-refractivity contribution in [1.29, 1.82) is 0 Å². The van der Waals surface area contributed by atoms with Crippen molar-refractivity contribution in [3.63, 3.8) is 0 Å². The Bertz CT molecular complexity index is 759. The zero-order valence-corrected chi connectivity index (χ0v) is 13.3. The van der Waals surface area contributed by atoms with Gasteiger partial charge in [-0.25, -0.2) is 4.98 Å². The average Bonchev–Trinajstić information content (AvgIpc) is 3.38. The van der Waals surface area contributed by atoms with Crippen LogP contribution in [0, 0.1) is 12.8 Å². The molecule has 2 aromatic heterocycles. The van der Waals surface area contributed by atoms with Crippen molar-refractivity contribution < 1.29 is 0 Å². The number of pyridine rings is 1. The van der Waals surface area contributed by atoms with Gasteiger partial charge in [0.2, 0.25) is 0 Å². The molecule has 22 heavy (non-hydrogen) atoms. The van der Waals surface area contributed by atoms with Crippen LogP contribution in [0.25, 0.3) is 5.65 Å². The molecule has 1 atom stereocenters. The van der Waals surface area contributed by atoms with Gasteiger partial charge in [-0.1, -0.05) is 6.07 Å². The van der Waals surface area contributed by atoms with Crippen LogP contribution < -0.4 is 5.56 Å². The Kier molecular flexibility index (Phi) is 3.30. The summed E-state index contributed by atoms with van der Waals surface area (Å²) >= 11 is 0. The zero-order valence-electron chi connectivity index (χ0n) is 13.3. The van der Waals surface area contributed by atoms with Gasteiger partial charge in [-0.3, -0.25) is 14.1 Å². The number of aromatic nitrogens is 2. The van der Waals surface area contributed by atoms with Gasteiger partial charge < -0.3 is 0 Å². The first-order valence-electron chi connectivity index (χ1n) is 8.37.